The number of rotatable bonds is 2. The summed E-state index contributed by atoms with van der Waals surface area (Å²) in [5.74, 6) is 1.64. The fourth-order valence-electron chi connectivity index (χ4n) is 1.57. The fourth-order valence-corrected chi connectivity index (χ4v) is 1.57. The molecule has 1 aliphatic carbocycles. The molecule has 0 aromatic heterocycles. The van der Waals surface area contributed by atoms with Crippen LogP contribution in [0.4, 0.5) is 0 Å². The molecule has 0 radical (unpaired) electrons. The van der Waals surface area contributed by atoms with Crippen molar-refractivity contribution in [2.24, 2.45) is 11.8 Å². The first-order valence-electron chi connectivity index (χ1n) is 4.59. The molecule has 0 N–H and O–H groups in total. The SMILES string of the molecule is CCC(C)C1C=C(C)C=CC1. The first-order valence-corrected chi connectivity index (χ1v) is 4.59. The van der Waals surface area contributed by atoms with Crippen LogP contribution in [0.3, 0.4) is 0 Å². The standard InChI is InChI=1S/C11H18/c1-4-10(3)11-7-5-6-9(2)8-11/h5-6,8,10-11H,4,7H2,1-3H3. The summed E-state index contributed by atoms with van der Waals surface area (Å²) in [6.45, 7) is 6.80. The second-order valence-corrected chi connectivity index (χ2v) is 3.60. The lowest BCUT2D eigenvalue weighted by Gasteiger charge is -2.20. The summed E-state index contributed by atoms with van der Waals surface area (Å²) in [6, 6.07) is 0. The third kappa shape index (κ3) is 2.21. The van der Waals surface area contributed by atoms with Gasteiger partial charge in [-0.2, -0.15) is 0 Å². The van der Waals surface area contributed by atoms with Crippen LogP contribution in [0.1, 0.15) is 33.6 Å². The number of hydrogen-bond donors (Lipinski definition) is 0. The highest BCUT2D eigenvalue weighted by atomic mass is 14.2. The fraction of sp³-hybridized carbons (Fsp3) is 0.636. The molecule has 2 atom stereocenters. The van der Waals surface area contributed by atoms with Crippen LogP contribution in [0, 0.1) is 11.8 Å². The molecule has 0 amide bonds. The Morgan fingerprint density at radius 3 is 2.91 bits per heavy atom. The second-order valence-electron chi connectivity index (χ2n) is 3.60. The van der Waals surface area contributed by atoms with Crippen LogP contribution in [0.5, 0.6) is 0 Å². The first kappa shape index (κ1) is 8.58. The van der Waals surface area contributed by atoms with Gasteiger partial charge >= 0.3 is 0 Å². The van der Waals surface area contributed by atoms with Crippen LogP contribution >= 0.6 is 0 Å². The minimum atomic E-state index is 0.796. The van der Waals surface area contributed by atoms with Gasteiger partial charge in [0.15, 0.2) is 0 Å². The maximum atomic E-state index is 2.41. The molecule has 0 aliphatic heterocycles. The van der Waals surface area contributed by atoms with E-state index in [0.29, 0.717) is 0 Å². The summed E-state index contributed by atoms with van der Waals surface area (Å²) < 4.78 is 0. The van der Waals surface area contributed by atoms with E-state index in [9.17, 15) is 0 Å². The van der Waals surface area contributed by atoms with Crippen LogP contribution in [-0.2, 0) is 0 Å². The Morgan fingerprint density at radius 1 is 1.64 bits per heavy atom. The quantitative estimate of drug-likeness (QED) is 0.564. The van der Waals surface area contributed by atoms with Gasteiger partial charge < -0.3 is 0 Å². The molecule has 0 nitrogen and oxygen atoms in total. The van der Waals surface area contributed by atoms with Gasteiger partial charge in [-0.25, -0.2) is 0 Å². The average Bonchev–Trinajstić information content (AvgIpc) is 2.03. The zero-order valence-corrected chi connectivity index (χ0v) is 7.80. The molecule has 0 spiro atoms. The molecule has 0 heterocycles. The molecule has 0 saturated heterocycles. The minimum absolute atomic E-state index is 0.796. The minimum Gasteiger partial charge on any atom is -0.0837 e. The van der Waals surface area contributed by atoms with Crippen molar-refractivity contribution in [3.63, 3.8) is 0 Å². The Balaban J connectivity index is 2.56. The van der Waals surface area contributed by atoms with Crippen molar-refractivity contribution >= 4 is 0 Å². The molecule has 0 heteroatoms. The Hall–Kier alpha value is -0.520. The molecule has 0 aromatic rings. The van der Waals surface area contributed by atoms with Crippen LogP contribution in [0.2, 0.25) is 0 Å². The highest BCUT2D eigenvalue weighted by Gasteiger charge is 2.13. The third-order valence-electron chi connectivity index (χ3n) is 2.64. The van der Waals surface area contributed by atoms with Crippen molar-refractivity contribution in [1.29, 1.82) is 0 Å². The molecule has 0 fully saturated rings. The maximum Gasteiger partial charge on any atom is -0.0167 e. The summed E-state index contributed by atoms with van der Waals surface area (Å²) in [7, 11) is 0. The van der Waals surface area contributed by atoms with E-state index in [1.165, 1.54) is 18.4 Å². The van der Waals surface area contributed by atoms with Crippen LogP contribution < -0.4 is 0 Å². The summed E-state index contributed by atoms with van der Waals surface area (Å²) in [5, 5.41) is 0. The van der Waals surface area contributed by atoms with Crippen LogP contribution in [-0.4, -0.2) is 0 Å². The third-order valence-corrected chi connectivity index (χ3v) is 2.64. The number of allylic oxidation sites excluding steroid dienone is 4. The van der Waals surface area contributed by atoms with Gasteiger partial charge in [0, 0.05) is 0 Å². The summed E-state index contributed by atoms with van der Waals surface area (Å²) in [4.78, 5) is 0. The highest BCUT2D eigenvalue weighted by molar-refractivity contribution is 5.21. The van der Waals surface area contributed by atoms with Gasteiger partial charge in [0.25, 0.3) is 0 Å². The topological polar surface area (TPSA) is 0 Å². The predicted molar refractivity (Wildman–Crippen MR) is 50.5 cm³/mol. The van der Waals surface area contributed by atoms with Crippen molar-refractivity contribution in [2.75, 3.05) is 0 Å². The van der Waals surface area contributed by atoms with Gasteiger partial charge in [-0.1, -0.05) is 44.1 Å². The zero-order chi connectivity index (χ0) is 8.27. The van der Waals surface area contributed by atoms with Crippen molar-refractivity contribution in [3.8, 4) is 0 Å². The molecule has 62 valence electrons. The molecule has 0 aromatic carbocycles. The molecule has 2 unspecified atom stereocenters. The molecular formula is C11H18. The van der Waals surface area contributed by atoms with Crippen LogP contribution in [0.25, 0.3) is 0 Å². The number of hydrogen-bond acceptors (Lipinski definition) is 0. The van der Waals surface area contributed by atoms with Gasteiger partial charge in [-0.3, -0.25) is 0 Å². The van der Waals surface area contributed by atoms with Crippen molar-refractivity contribution in [3.05, 3.63) is 23.8 Å². The molecular weight excluding hydrogens is 132 g/mol. The summed E-state index contributed by atoms with van der Waals surface area (Å²) >= 11 is 0. The lowest BCUT2D eigenvalue weighted by atomic mass is 9.85. The predicted octanol–water partition coefficient (Wildman–Crippen LogP) is 3.55. The van der Waals surface area contributed by atoms with Crippen LogP contribution in [0.15, 0.2) is 23.8 Å². The molecule has 0 bridgehead atoms. The van der Waals surface area contributed by atoms with E-state index in [-0.39, 0.29) is 0 Å². The van der Waals surface area contributed by atoms with E-state index in [4.69, 9.17) is 0 Å². The van der Waals surface area contributed by atoms with E-state index in [1.807, 2.05) is 0 Å². The Morgan fingerprint density at radius 2 is 2.36 bits per heavy atom. The molecule has 1 rings (SSSR count). The van der Waals surface area contributed by atoms with E-state index >= 15 is 0 Å². The monoisotopic (exact) mass is 150 g/mol. The zero-order valence-electron chi connectivity index (χ0n) is 7.80. The second kappa shape index (κ2) is 3.75. The van der Waals surface area contributed by atoms with E-state index in [0.717, 1.165) is 11.8 Å². The lowest BCUT2D eigenvalue weighted by Crippen LogP contribution is -2.09. The summed E-state index contributed by atoms with van der Waals surface area (Å²) in [6.07, 6.45) is 9.47. The maximum absolute atomic E-state index is 2.41. The van der Waals surface area contributed by atoms with Gasteiger partial charge in [0.05, 0.1) is 0 Å². The molecule has 0 saturated carbocycles. The normalized spacial score (nSPS) is 26.5. The van der Waals surface area contributed by atoms with E-state index in [2.05, 4.69) is 39.0 Å². The van der Waals surface area contributed by atoms with Crippen molar-refractivity contribution in [1.82, 2.24) is 0 Å². The lowest BCUT2D eigenvalue weighted by molar-refractivity contribution is 0.416. The highest BCUT2D eigenvalue weighted by Crippen LogP contribution is 2.25. The Bertz CT molecular complexity index is 174. The molecule has 11 heavy (non-hydrogen) atoms. The van der Waals surface area contributed by atoms with E-state index in [1.54, 1.807) is 0 Å². The van der Waals surface area contributed by atoms with Gasteiger partial charge in [-0.15, -0.1) is 0 Å². The first-order chi connectivity index (χ1) is 5.24. The van der Waals surface area contributed by atoms with Gasteiger partial charge in [0.2, 0.25) is 0 Å². The molecule has 1 aliphatic rings. The largest absolute Gasteiger partial charge is 0.0837 e. The van der Waals surface area contributed by atoms with Crippen molar-refractivity contribution in [2.45, 2.75) is 33.6 Å². The van der Waals surface area contributed by atoms with Gasteiger partial charge in [0.1, 0.15) is 0 Å². The van der Waals surface area contributed by atoms with E-state index < -0.39 is 0 Å². The Kier molecular flexibility index (Phi) is 2.92. The Labute approximate surface area is 70.0 Å². The summed E-state index contributed by atoms with van der Waals surface area (Å²) in [5.41, 5.74) is 1.43. The van der Waals surface area contributed by atoms with Gasteiger partial charge in [-0.05, 0) is 25.2 Å². The average molecular weight is 150 g/mol. The smallest absolute Gasteiger partial charge is 0.0167 e. The van der Waals surface area contributed by atoms with Crippen molar-refractivity contribution < 1.29 is 0 Å².